The van der Waals surface area contributed by atoms with Crippen molar-refractivity contribution in [3.05, 3.63) is 94.8 Å². The molecule has 192 valence electrons. The molecule has 0 fully saturated rings. The highest BCUT2D eigenvalue weighted by atomic mass is 79.9. The molecule has 0 bridgehead atoms. The van der Waals surface area contributed by atoms with Gasteiger partial charge in [-0.25, -0.2) is 4.98 Å². The molecule has 1 aromatic heterocycles. The van der Waals surface area contributed by atoms with Gasteiger partial charge in [-0.15, -0.1) is 0 Å². The zero-order valence-corrected chi connectivity index (χ0v) is 24.9. The van der Waals surface area contributed by atoms with Crippen molar-refractivity contribution in [1.82, 2.24) is 9.66 Å². The lowest BCUT2D eigenvalue weighted by Crippen LogP contribution is -2.23. The first-order valence-electron chi connectivity index (χ1n) is 11.4. The zero-order chi connectivity index (χ0) is 26.7. The molecule has 0 amide bonds. The average molecular weight is 668 g/mol. The normalized spacial score (nSPS) is 12.3. The van der Waals surface area contributed by atoms with E-state index in [4.69, 9.17) is 37.7 Å². The number of fused-ring (bicyclic) bond motifs is 1. The summed E-state index contributed by atoms with van der Waals surface area (Å²) in [5, 5.41) is 5.98. The highest BCUT2D eigenvalue weighted by Crippen LogP contribution is 2.35. The van der Waals surface area contributed by atoms with Crippen LogP contribution in [0, 0.1) is 0 Å². The van der Waals surface area contributed by atoms with Gasteiger partial charge in [-0.1, -0.05) is 75.0 Å². The molecule has 4 aromatic rings. The van der Waals surface area contributed by atoms with Crippen LogP contribution < -0.4 is 15.0 Å². The van der Waals surface area contributed by atoms with Crippen molar-refractivity contribution in [3.63, 3.8) is 0 Å². The summed E-state index contributed by atoms with van der Waals surface area (Å²) >= 11 is 19.2. The molecule has 10 heteroatoms. The van der Waals surface area contributed by atoms with Crippen LogP contribution in [-0.2, 0) is 6.61 Å². The number of halogens is 4. The van der Waals surface area contributed by atoms with Crippen molar-refractivity contribution >= 4 is 72.2 Å². The van der Waals surface area contributed by atoms with E-state index in [1.54, 1.807) is 37.6 Å². The van der Waals surface area contributed by atoms with Gasteiger partial charge in [-0.2, -0.15) is 9.78 Å². The van der Waals surface area contributed by atoms with E-state index < -0.39 is 0 Å². The number of ether oxygens (including phenoxy) is 2. The lowest BCUT2D eigenvalue weighted by atomic mass is 10.1. The molecule has 0 radical (unpaired) electrons. The lowest BCUT2D eigenvalue weighted by molar-refractivity contribution is 0.284. The number of hydrogen-bond acceptors (Lipinski definition) is 5. The van der Waals surface area contributed by atoms with E-state index in [9.17, 15) is 4.79 Å². The monoisotopic (exact) mass is 665 g/mol. The molecule has 0 N–H and O–H groups in total. The molecular formula is C27H23Br2Cl2N3O3. The Balaban J connectivity index is 1.80. The summed E-state index contributed by atoms with van der Waals surface area (Å²) in [4.78, 5) is 18.3. The molecule has 6 nitrogen and oxygen atoms in total. The van der Waals surface area contributed by atoms with Crippen LogP contribution in [0.15, 0.2) is 67.4 Å². The van der Waals surface area contributed by atoms with Crippen molar-refractivity contribution in [3.8, 4) is 11.5 Å². The van der Waals surface area contributed by atoms with Crippen LogP contribution in [0.25, 0.3) is 10.9 Å². The fourth-order valence-corrected chi connectivity index (χ4v) is 4.81. The lowest BCUT2D eigenvalue weighted by Gasteiger charge is -2.16. The third kappa shape index (κ3) is 6.20. The Bertz CT molecular complexity index is 1560. The van der Waals surface area contributed by atoms with Crippen molar-refractivity contribution in [1.29, 1.82) is 0 Å². The third-order valence-corrected chi connectivity index (χ3v) is 7.52. The Labute approximate surface area is 241 Å². The summed E-state index contributed by atoms with van der Waals surface area (Å²) in [6, 6.07) is 14.4. The van der Waals surface area contributed by atoms with Gasteiger partial charge in [0.2, 0.25) is 0 Å². The maximum absolute atomic E-state index is 13.5. The van der Waals surface area contributed by atoms with Crippen molar-refractivity contribution < 1.29 is 9.47 Å². The van der Waals surface area contributed by atoms with Crippen molar-refractivity contribution in [2.75, 3.05) is 7.11 Å². The highest BCUT2D eigenvalue weighted by Gasteiger charge is 2.17. The minimum atomic E-state index is -0.252. The van der Waals surface area contributed by atoms with Gasteiger partial charge in [0, 0.05) is 20.4 Å². The summed E-state index contributed by atoms with van der Waals surface area (Å²) in [6.07, 6.45) is 2.38. The second kappa shape index (κ2) is 12.0. The van der Waals surface area contributed by atoms with E-state index in [0.717, 1.165) is 20.9 Å². The predicted molar refractivity (Wildman–Crippen MR) is 157 cm³/mol. The number of methoxy groups -OCH3 is 1. The molecule has 0 aliphatic rings. The minimum Gasteiger partial charge on any atom is -0.493 e. The molecule has 0 unspecified atom stereocenters. The summed E-state index contributed by atoms with van der Waals surface area (Å²) in [7, 11) is 1.56. The molecule has 3 aromatic carbocycles. The largest absolute Gasteiger partial charge is 0.493 e. The Morgan fingerprint density at radius 2 is 1.86 bits per heavy atom. The van der Waals surface area contributed by atoms with Crippen LogP contribution in [0.2, 0.25) is 10.0 Å². The molecule has 0 saturated carbocycles. The van der Waals surface area contributed by atoms with E-state index >= 15 is 0 Å². The van der Waals surface area contributed by atoms with Gasteiger partial charge in [0.05, 0.1) is 34.3 Å². The van der Waals surface area contributed by atoms with Gasteiger partial charge in [0.25, 0.3) is 5.56 Å². The maximum atomic E-state index is 13.5. The number of benzene rings is 3. The molecule has 0 aliphatic heterocycles. The Morgan fingerprint density at radius 1 is 1.08 bits per heavy atom. The topological polar surface area (TPSA) is 65.7 Å². The second-order valence-electron chi connectivity index (χ2n) is 8.37. The molecule has 0 saturated heterocycles. The van der Waals surface area contributed by atoms with Gasteiger partial charge in [0.1, 0.15) is 12.4 Å². The predicted octanol–water partition coefficient (Wildman–Crippen LogP) is 8.21. The van der Waals surface area contributed by atoms with Crippen molar-refractivity contribution in [2.45, 2.75) is 32.8 Å². The maximum Gasteiger partial charge on any atom is 0.282 e. The van der Waals surface area contributed by atoms with Crippen molar-refractivity contribution in [2.24, 2.45) is 5.10 Å². The SMILES string of the molecule is CC[C@@H](C)c1nc2ccc(Br)cc2c(=O)n1N=Cc1cc(Br)cc(OC)c1OCc1ccc(Cl)c(Cl)c1. The van der Waals surface area contributed by atoms with Crippen LogP contribution in [0.5, 0.6) is 11.5 Å². The van der Waals surface area contributed by atoms with Crippen LogP contribution in [0.1, 0.15) is 43.1 Å². The first kappa shape index (κ1) is 27.6. The molecular weight excluding hydrogens is 645 g/mol. The summed E-state index contributed by atoms with van der Waals surface area (Å²) in [5.41, 5.74) is 1.83. The average Bonchev–Trinajstić information content (AvgIpc) is 2.88. The smallest absolute Gasteiger partial charge is 0.282 e. The van der Waals surface area contributed by atoms with Gasteiger partial charge in [-0.3, -0.25) is 4.79 Å². The molecule has 1 atom stereocenters. The van der Waals surface area contributed by atoms with Crippen LogP contribution in [0.4, 0.5) is 0 Å². The van der Waals surface area contributed by atoms with Gasteiger partial charge >= 0.3 is 0 Å². The van der Waals surface area contributed by atoms with Gasteiger partial charge < -0.3 is 9.47 Å². The second-order valence-corrected chi connectivity index (χ2v) is 11.0. The number of hydrogen-bond donors (Lipinski definition) is 0. The van der Waals surface area contributed by atoms with Crippen LogP contribution >= 0.6 is 55.1 Å². The summed E-state index contributed by atoms with van der Waals surface area (Å²) in [5.74, 6) is 1.57. The fourth-order valence-electron chi connectivity index (χ4n) is 3.67. The number of aromatic nitrogens is 2. The van der Waals surface area contributed by atoms with E-state index in [1.807, 2.05) is 38.1 Å². The first-order chi connectivity index (χ1) is 17.7. The summed E-state index contributed by atoms with van der Waals surface area (Å²) < 4.78 is 14.6. The van der Waals surface area contributed by atoms with Gasteiger partial charge in [0.15, 0.2) is 11.5 Å². The molecule has 0 aliphatic carbocycles. The van der Waals surface area contributed by atoms with E-state index in [2.05, 4.69) is 37.0 Å². The minimum absolute atomic E-state index is 0.0142. The van der Waals surface area contributed by atoms with E-state index in [-0.39, 0.29) is 18.1 Å². The van der Waals surface area contributed by atoms with E-state index in [1.165, 1.54) is 4.68 Å². The third-order valence-electron chi connectivity index (χ3n) is 5.83. The standard InChI is InChI=1S/C27H23Br2Cl2N3O3/c1-4-15(2)26-33-23-8-6-18(28)11-20(23)27(35)34(26)32-13-17-10-19(29)12-24(36-3)25(17)37-14-16-5-7-21(30)22(31)9-16/h5-13,15H,4,14H2,1-3H3/t15-/m1/s1. The van der Waals surface area contributed by atoms with Crippen LogP contribution in [0.3, 0.4) is 0 Å². The molecule has 1 heterocycles. The Hall–Kier alpha value is -2.39. The van der Waals surface area contributed by atoms with Gasteiger partial charge in [-0.05, 0) is 54.4 Å². The highest BCUT2D eigenvalue weighted by molar-refractivity contribution is 9.10. The molecule has 4 rings (SSSR count). The Morgan fingerprint density at radius 3 is 2.57 bits per heavy atom. The summed E-state index contributed by atoms with van der Waals surface area (Å²) in [6.45, 7) is 4.29. The quantitative estimate of drug-likeness (QED) is 0.178. The molecule has 0 spiro atoms. The van der Waals surface area contributed by atoms with E-state index in [0.29, 0.717) is 43.8 Å². The molecule has 37 heavy (non-hydrogen) atoms. The van der Waals surface area contributed by atoms with Crippen LogP contribution in [-0.4, -0.2) is 23.0 Å². The number of rotatable bonds is 8. The zero-order valence-electron chi connectivity index (χ0n) is 20.3. The first-order valence-corrected chi connectivity index (χ1v) is 13.8. The fraction of sp³-hybridized carbons (Fsp3) is 0.222. The Kier molecular flexibility index (Phi) is 8.95. The number of nitrogens with zero attached hydrogens (tertiary/aromatic N) is 3.